The number of nitrogens with zero attached hydrogens (tertiary/aromatic N) is 1. The second-order valence-electron chi connectivity index (χ2n) is 5.93. The molecule has 0 saturated carbocycles. The Morgan fingerprint density at radius 2 is 2.05 bits per heavy atom. The summed E-state index contributed by atoms with van der Waals surface area (Å²) in [6.07, 6.45) is 2.88. The molecule has 1 unspecified atom stereocenters. The van der Waals surface area contributed by atoms with Crippen molar-refractivity contribution < 1.29 is 0 Å². The van der Waals surface area contributed by atoms with Crippen LogP contribution in [0.15, 0.2) is 24.3 Å². The summed E-state index contributed by atoms with van der Waals surface area (Å²) in [5, 5.41) is 12.9. The molecule has 1 aromatic rings. The zero-order chi connectivity index (χ0) is 15.7. The topological polar surface area (TPSA) is 35.8 Å². The van der Waals surface area contributed by atoms with Crippen LogP contribution in [0.25, 0.3) is 0 Å². The van der Waals surface area contributed by atoms with Gasteiger partial charge in [-0.1, -0.05) is 31.2 Å². The molecule has 0 aliphatic rings. The van der Waals surface area contributed by atoms with Gasteiger partial charge in [0.15, 0.2) is 0 Å². The van der Waals surface area contributed by atoms with Gasteiger partial charge in [-0.3, -0.25) is 5.32 Å². The van der Waals surface area contributed by atoms with E-state index in [0.29, 0.717) is 6.04 Å². The molecule has 0 fully saturated rings. The fourth-order valence-electron chi connectivity index (χ4n) is 2.50. The number of aryl methyl sites for hydroxylation is 1. The maximum Gasteiger partial charge on any atom is 0.106 e. The first kappa shape index (κ1) is 18.1. The summed E-state index contributed by atoms with van der Waals surface area (Å²) >= 11 is 1.96. The van der Waals surface area contributed by atoms with E-state index in [2.05, 4.69) is 63.3 Å². The van der Waals surface area contributed by atoms with E-state index >= 15 is 0 Å². The first-order valence-corrected chi connectivity index (χ1v) is 8.99. The fraction of sp³-hybridized carbons (Fsp3) is 0.611. The highest BCUT2D eigenvalue weighted by molar-refractivity contribution is 7.98. The minimum Gasteiger partial charge on any atom is -0.297 e. The molecule has 116 valence electrons. The van der Waals surface area contributed by atoms with E-state index in [1.165, 1.54) is 11.1 Å². The molecule has 0 aliphatic carbocycles. The van der Waals surface area contributed by atoms with E-state index in [-0.39, 0.29) is 5.54 Å². The summed E-state index contributed by atoms with van der Waals surface area (Å²) < 4.78 is 0. The van der Waals surface area contributed by atoms with Crippen LogP contribution in [0, 0.1) is 18.3 Å². The SMILES string of the molecule is CCC(C#N)(CCCSCc1ccccc1C)NC(C)C. The number of rotatable bonds is 9. The van der Waals surface area contributed by atoms with E-state index < -0.39 is 0 Å². The third-order valence-electron chi connectivity index (χ3n) is 3.79. The van der Waals surface area contributed by atoms with Crippen molar-refractivity contribution in [2.75, 3.05) is 5.75 Å². The second kappa shape index (κ2) is 9.12. The van der Waals surface area contributed by atoms with Gasteiger partial charge in [-0.05, 0) is 56.9 Å². The maximum atomic E-state index is 9.48. The third kappa shape index (κ3) is 6.11. The molecular weight excluding hydrogens is 276 g/mol. The van der Waals surface area contributed by atoms with E-state index in [4.69, 9.17) is 0 Å². The predicted molar refractivity (Wildman–Crippen MR) is 93.5 cm³/mol. The molecule has 0 amide bonds. The van der Waals surface area contributed by atoms with E-state index in [0.717, 1.165) is 30.8 Å². The maximum absolute atomic E-state index is 9.48. The van der Waals surface area contributed by atoms with Gasteiger partial charge in [0, 0.05) is 11.8 Å². The van der Waals surface area contributed by atoms with Crippen molar-refractivity contribution in [1.82, 2.24) is 5.32 Å². The lowest BCUT2D eigenvalue weighted by molar-refractivity contribution is 0.341. The first-order chi connectivity index (χ1) is 10.0. The Morgan fingerprint density at radius 1 is 1.33 bits per heavy atom. The van der Waals surface area contributed by atoms with Gasteiger partial charge in [-0.2, -0.15) is 17.0 Å². The molecule has 3 heteroatoms. The number of hydrogen-bond acceptors (Lipinski definition) is 3. The van der Waals surface area contributed by atoms with Crippen molar-refractivity contribution in [3.63, 3.8) is 0 Å². The smallest absolute Gasteiger partial charge is 0.106 e. The van der Waals surface area contributed by atoms with Crippen LogP contribution in [0.4, 0.5) is 0 Å². The first-order valence-electron chi connectivity index (χ1n) is 7.84. The Morgan fingerprint density at radius 3 is 2.62 bits per heavy atom. The van der Waals surface area contributed by atoms with Crippen molar-refractivity contribution in [3.05, 3.63) is 35.4 Å². The molecule has 0 saturated heterocycles. The van der Waals surface area contributed by atoms with Crippen LogP contribution >= 0.6 is 11.8 Å². The third-order valence-corrected chi connectivity index (χ3v) is 4.89. The van der Waals surface area contributed by atoms with Crippen LogP contribution in [0.2, 0.25) is 0 Å². The van der Waals surface area contributed by atoms with Crippen molar-refractivity contribution in [3.8, 4) is 6.07 Å². The van der Waals surface area contributed by atoms with Crippen LogP contribution < -0.4 is 5.32 Å². The molecule has 0 heterocycles. The Hall–Kier alpha value is -0.980. The molecule has 1 rings (SSSR count). The lowest BCUT2D eigenvalue weighted by Gasteiger charge is -2.29. The lowest BCUT2D eigenvalue weighted by Crippen LogP contribution is -2.47. The minimum absolute atomic E-state index is 0.350. The van der Waals surface area contributed by atoms with E-state index in [1.54, 1.807) is 0 Å². The summed E-state index contributed by atoms with van der Waals surface area (Å²) in [6.45, 7) is 8.47. The second-order valence-corrected chi connectivity index (χ2v) is 7.03. The van der Waals surface area contributed by atoms with Crippen LogP contribution in [-0.4, -0.2) is 17.3 Å². The van der Waals surface area contributed by atoms with Gasteiger partial charge in [0.05, 0.1) is 6.07 Å². The molecule has 1 N–H and O–H groups in total. The normalized spacial score (nSPS) is 13.9. The number of thioether (sulfide) groups is 1. The van der Waals surface area contributed by atoms with Crippen LogP contribution in [0.3, 0.4) is 0 Å². The van der Waals surface area contributed by atoms with Gasteiger partial charge >= 0.3 is 0 Å². The standard InChI is InChI=1S/C18H28N2S/c1-5-18(14-19,20-15(2)3)11-8-12-21-13-17-10-7-6-9-16(17)4/h6-7,9-10,15,20H,5,8,11-13H2,1-4H3. The molecule has 0 aromatic heterocycles. The summed E-state index contributed by atoms with van der Waals surface area (Å²) in [5.41, 5.74) is 2.44. The molecule has 2 nitrogen and oxygen atoms in total. The summed E-state index contributed by atoms with van der Waals surface area (Å²) in [5.74, 6) is 2.17. The summed E-state index contributed by atoms with van der Waals surface area (Å²) in [6, 6.07) is 11.4. The average Bonchev–Trinajstić information content (AvgIpc) is 2.47. The Labute approximate surface area is 134 Å². The van der Waals surface area contributed by atoms with Gasteiger partial charge < -0.3 is 0 Å². The van der Waals surface area contributed by atoms with Gasteiger partial charge in [0.1, 0.15) is 5.54 Å². The van der Waals surface area contributed by atoms with Crippen LogP contribution in [0.1, 0.15) is 51.2 Å². The molecule has 1 aromatic carbocycles. The van der Waals surface area contributed by atoms with E-state index in [1.807, 2.05) is 11.8 Å². The zero-order valence-electron chi connectivity index (χ0n) is 13.8. The van der Waals surface area contributed by atoms with Crippen LogP contribution in [0.5, 0.6) is 0 Å². The predicted octanol–water partition coefficient (Wildman–Crippen LogP) is 4.68. The molecule has 0 bridgehead atoms. The zero-order valence-corrected chi connectivity index (χ0v) is 14.6. The van der Waals surface area contributed by atoms with Crippen molar-refractivity contribution in [2.45, 2.75) is 64.3 Å². The molecule has 0 aliphatic heterocycles. The largest absolute Gasteiger partial charge is 0.297 e. The van der Waals surface area contributed by atoms with Crippen molar-refractivity contribution in [1.29, 1.82) is 5.26 Å². The van der Waals surface area contributed by atoms with Crippen LogP contribution in [-0.2, 0) is 5.75 Å². The Kier molecular flexibility index (Phi) is 7.85. The monoisotopic (exact) mass is 304 g/mol. The fourth-order valence-corrected chi connectivity index (χ4v) is 3.54. The molecule has 1 atom stereocenters. The average molecular weight is 305 g/mol. The van der Waals surface area contributed by atoms with Gasteiger partial charge in [-0.15, -0.1) is 0 Å². The quantitative estimate of drug-likeness (QED) is 0.673. The highest BCUT2D eigenvalue weighted by Gasteiger charge is 2.27. The van der Waals surface area contributed by atoms with E-state index in [9.17, 15) is 5.26 Å². The highest BCUT2D eigenvalue weighted by Crippen LogP contribution is 2.21. The van der Waals surface area contributed by atoms with Gasteiger partial charge in [-0.25, -0.2) is 0 Å². The summed E-state index contributed by atoms with van der Waals surface area (Å²) in [4.78, 5) is 0. The number of nitrogens with one attached hydrogen (secondary N) is 1. The van der Waals surface area contributed by atoms with Crippen molar-refractivity contribution in [2.24, 2.45) is 0 Å². The molecule has 0 spiro atoms. The number of nitriles is 1. The number of benzene rings is 1. The molecular formula is C18H28N2S. The summed E-state index contributed by atoms with van der Waals surface area (Å²) in [7, 11) is 0. The van der Waals surface area contributed by atoms with Crippen molar-refractivity contribution >= 4 is 11.8 Å². The molecule has 0 radical (unpaired) electrons. The van der Waals surface area contributed by atoms with Gasteiger partial charge in [0.2, 0.25) is 0 Å². The Bertz CT molecular complexity index is 465. The Balaban J connectivity index is 2.35. The minimum atomic E-state index is -0.350. The lowest BCUT2D eigenvalue weighted by atomic mass is 9.91. The van der Waals surface area contributed by atoms with Gasteiger partial charge in [0.25, 0.3) is 0 Å². The molecule has 21 heavy (non-hydrogen) atoms. The number of hydrogen-bond donors (Lipinski definition) is 1. The highest BCUT2D eigenvalue weighted by atomic mass is 32.2.